The van der Waals surface area contributed by atoms with Crippen molar-refractivity contribution >= 4 is 5.91 Å². The first-order valence-electron chi connectivity index (χ1n) is 9.49. The Hall–Kier alpha value is -2.76. The van der Waals surface area contributed by atoms with E-state index in [2.05, 4.69) is 17.4 Å². The molecule has 1 aliphatic carbocycles. The van der Waals surface area contributed by atoms with Crippen LogP contribution in [0.1, 0.15) is 31.2 Å². The van der Waals surface area contributed by atoms with E-state index in [0.29, 0.717) is 19.8 Å². The lowest BCUT2D eigenvalue weighted by Gasteiger charge is -2.31. The Balaban J connectivity index is 1.48. The second-order valence-corrected chi connectivity index (χ2v) is 7.29. The van der Waals surface area contributed by atoms with Crippen molar-refractivity contribution in [2.45, 2.75) is 37.6 Å². The Labute approximate surface area is 158 Å². The van der Waals surface area contributed by atoms with Crippen LogP contribution in [0.3, 0.4) is 0 Å². The summed E-state index contributed by atoms with van der Waals surface area (Å²) in [4.78, 5) is 24.2. The van der Waals surface area contributed by atoms with E-state index in [-0.39, 0.29) is 23.4 Å². The maximum absolute atomic E-state index is 12.4. The van der Waals surface area contributed by atoms with Gasteiger partial charge in [0.1, 0.15) is 19.8 Å². The van der Waals surface area contributed by atoms with E-state index < -0.39 is 0 Å². The third-order valence-electron chi connectivity index (χ3n) is 5.55. The number of carbonyl (C=O) groups excluding carboxylic acids is 1. The fraction of sp³-hybridized carbons (Fsp3) is 0.429. The Bertz CT molecular complexity index is 884. The summed E-state index contributed by atoms with van der Waals surface area (Å²) in [5.74, 6) is 1.42. The van der Waals surface area contributed by atoms with Crippen LogP contribution in [-0.2, 0) is 16.8 Å². The number of nitrogens with zero attached hydrogens (tertiary/aromatic N) is 1. The third-order valence-corrected chi connectivity index (χ3v) is 5.55. The molecule has 2 aromatic rings. The van der Waals surface area contributed by atoms with E-state index in [1.165, 1.54) is 16.2 Å². The van der Waals surface area contributed by atoms with Crippen molar-refractivity contribution in [3.63, 3.8) is 0 Å². The van der Waals surface area contributed by atoms with Gasteiger partial charge in [-0.05, 0) is 36.6 Å². The lowest BCUT2D eigenvalue weighted by molar-refractivity contribution is -0.122. The maximum atomic E-state index is 12.4. The maximum Gasteiger partial charge on any atom is 0.250 e. The average molecular weight is 368 g/mol. The molecule has 0 bridgehead atoms. The molecule has 2 aliphatic rings. The fourth-order valence-electron chi connectivity index (χ4n) is 4.06. The third kappa shape index (κ3) is 3.70. The number of amides is 1. The first-order chi connectivity index (χ1) is 13.2. The highest BCUT2D eigenvalue weighted by molar-refractivity contribution is 5.75. The number of hydrogen-bond acceptors (Lipinski definition) is 4. The Kier molecular flexibility index (Phi) is 4.88. The number of nitrogens with one attached hydrogen (secondary N) is 1. The number of ether oxygens (including phenoxy) is 2. The zero-order valence-corrected chi connectivity index (χ0v) is 15.3. The molecule has 1 amide bonds. The van der Waals surface area contributed by atoms with Crippen LogP contribution in [0.4, 0.5) is 0 Å². The van der Waals surface area contributed by atoms with Crippen molar-refractivity contribution in [3.05, 3.63) is 58.5 Å². The molecule has 142 valence electrons. The molecule has 1 N–H and O–H groups in total. The highest BCUT2D eigenvalue weighted by Gasteiger charge is 2.36. The van der Waals surface area contributed by atoms with Crippen LogP contribution >= 0.6 is 0 Å². The number of benzene rings is 1. The fourth-order valence-corrected chi connectivity index (χ4v) is 4.06. The number of fused-ring (bicyclic) bond motifs is 1. The molecule has 1 aromatic heterocycles. The molecule has 0 atom stereocenters. The lowest BCUT2D eigenvalue weighted by Crippen LogP contribution is -2.41. The van der Waals surface area contributed by atoms with Crippen molar-refractivity contribution in [2.75, 3.05) is 19.8 Å². The first-order valence-corrected chi connectivity index (χ1v) is 9.49. The smallest absolute Gasteiger partial charge is 0.250 e. The van der Waals surface area contributed by atoms with Gasteiger partial charge in [-0.3, -0.25) is 9.59 Å². The minimum absolute atomic E-state index is 0.0386. The molecule has 0 saturated heterocycles. The number of carbonyl (C=O) groups is 1. The molecular formula is C21H24N2O4. The minimum atomic E-state index is -0.171. The van der Waals surface area contributed by atoms with Gasteiger partial charge in [0.2, 0.25) is 5.91 Å². The molecule has 1 fully saturated rings. The molecule has 2 heterocycles. The summed E-state index contributed by atoms with van der Waals surface area (Å²) in [7, 11) is 0. The molecule has 1 saturated carbocycles. The van der Waals surface area contributed by atoms with Gasteiger partial charge in [0, 0.05) is 24.2 Å². The monoisotopic (exact) mass is 368 g/mol. The van der Waals surface area contributed by atoms with E-state index in [4.69, 9.17) is 9.47 Å². The lowest BCUT2D eigenvalue weighted by atomic mass is 9.78. The second-order valence-electron chi connectivity index (χ2n) is 7.29. The Morgan fingerprint density at radius 2 is 1.85 bits per heavy atom. The van der Waals surface area contributed by atoms with Crippen LogP contribution < -0.4 is 20.3 Å². The number of pyridine rings is 1. The zero-order chi connectivity index (χ0) is 18.7. The highest BCUT2D eigenvalue weighted by Crippen LogP contribution is 2.43. The molecule has 1 aromatic carbocycles. The SMILES string of the molecule is O=C(Cn1ccccc1=O)NCC1(c2ccc3c(c2)OCCO3)CCCC1. The highest BCUT2D eigenvalue weighted by atomic mass is 16.6. The standard InChI is InChI=1S/C21H24N2O4/c24-19(14-23-10-4-1-5-20(23)25)22-15-21(8-2-3-9-21)16-6-7-17-18(13-16)27-12-11-26-17/h1,4-7,10,13H,2-3,8-9,11-12,14-15H2,(H,22,24). The van der Waals surface area contributed by atoms with E-state index in [1.54, 1.807) is 18.3 Å². The topological polar surface area (TPSA) is 69.6 Å². The summed E-state index contributed by atoms with van der Waals surface area (Å²) in [6, 6.07) is 11.0. The van der Waals surface area contributed by atoms with Gasteiger partial charge in [-0.2, -0.15) is 0 Å². The molecular weight excluding hydrogens is 344 g/mol. The van der Waals surface area contributed by atoms with Gasteiger partial charge in [0.05, 0.1) is 0 Å². The number of aromatic nitrogens is 1. The van der Waals surface area contributed by atoms with Crippen molar-refractivity contribution in [1.82, 2.24) is 9.88 Å². The average Bonchev–Trinajstić information content (AvgIpc) is 3.18. The molecule has 6 nitrogen and oxygen atoms in total. The summed E-state index contributed by atoms with van der Waals surface area (Å²) < 4.78 is 12.8. The molecule has 0 spiro atoms. The molecule has 0 unspecified atom stereocenters. The van der Waals surface area contributed by atoms with Gasteiger partial charge in [-0.15, -0.1) is 0 Å². The summed E-state index contributed by atoms with van der Waals surface area (Å²) in [6.45, 7) is 1.74. The normalized spacial score (nSPS) is 17.5. The van der Waals surface area contributed by atoms with Crippen LogP contribution in [0, 0.1) is 0 Å². The quantitative estimate of drug-likeness (QED) is 0.879. The zero-order valence-electron chi connectivity index (χ0n) is 15.3. The number of rotatable bonds is 5. The van der Waals surface area contributed by atoms with E-state index in [0.717, 1.165) is 37.2 Å². The number of hydrogen-bond donors (Lipinski definition) is 1. The van der Waals surface area contributed by atoms with Crippen LogP contribution in [0.2, 0.25) is 0 Å². The van der Waals surface area contributed by atoms with Gasteiger partial charge in [0.25, 0.3) is 5.56 Å². The van der Waals surface area contributed by atoms with Gasteiger partial charge >= 0.3 is 0 Å². The summed E-state index contributed by atoms with van der Waals surface area (Å²) in [5.41, 5.74) is 0.921. The summed E-state index contributed by atoms with van der Waals surface area (Å²) in [6.07, 6.45) is 5.97. The van der Waals surface area contributed by atoms with E-state index in [1.807, 2.05) is 6.07 Å². The minimum Gasteiger partial charge on any atom is -0.486 e. The van der Waals surface area contributed by atoms with Gasteiger partial charge in [-0.25, -0.2) is 0 Å². The summed E-state index contributed by atoms with van der Waals surface area (Å²) in [5, 5.41) is 3.05. The predicted molar refractivity (Wildman–Crippen MR) is 101 cm³/mol. The van der Waals surface area contributed by atoms with Crippen molar-refractivity contribution in [1.29, 1.82) is 0 Å². The van der Waals surface area contributed by atoms with Gasteiger partial charge in [0.15, 0.2) is 11.5 Å². The van der Waals surface area contributed by atoms with Crippen molar-refractivity contribution in [2.24, 2.45) is 0 Å². The van der Waals surface area contributed by atoms with E-state index in [9.17, 15) is 9.59 Å². The molecule has 6 heteroatoms. The van der Waals surface area contributed by atoms with Crippen molar-refractivity contribution in [3.8, 4) is 11.5 Å². The Morgan fingerprint density at radius 1 is 1.07 bits per heavy atom. The predicted octanol–water partition coefficient (Wildman–Crippen LogP) is 2.25. The molecule has 1 aliphatic heterocycles. The first kappa shape index (κ1) is 17.6. The second kappa shape index (κ2) is 7.47. The van der Waals surface area contributed by atoms with E-state index >= 15 is 0 Å². The van der Waals surface area contributed by atoms with Gasteiger partial charge in [-0.1, -0.05) is 25.0 Å². The van der Waals surface area contributed by atoms with Crippen LogP contribution in [-0.4, -0.2) is 30.2 Å². The molecule has 0 radical (unpaired) electrons. The van der Waals surface area contributed by atoms with Crippen LogP contribution in [0.15, 0.2) is 47.4 Å². The summed E-state index contributed by atoms with van der Waals surface area (Å²) >= 11 is 0. The Morgan fingerprint density at radius 3 is 2.63 bits per heavy atom. The van der Waals surface area contributed by atoms with Crippen LogP contribution in [0.25, 0.3) is 0 Å². The van der Waals surface area contributed by atoms with Crippen molar-refractivity contribution < 1.29 is 14.3 Å². The largest absolute Gasteiger partial charge is 0.486 e. The molecule has 27 heavy (non-hydrogen) atoms. The van der Waals surface area contributed by atoms with Crippen LogP contribution in [0.5, 0.6) is 11.5 Å². The van der Waals surface area contributed by atoms with Gasteiger partial charge < -0.3 is 19.4 Å². The molecule has 4 rings (SSSR count).